The molecule has 0 aromatic heterocycles. The van der Waals surface area contributed by atoms with Crippen molar-refractivity contribution in [3.8, 4) is 5.75 Å². The maximum atomic E-state index is 6.34. The van der Waals surface area contributed by atoms with Crippen molar-refractivity contribution in [2.24, 2.45) is 5.73 Å². The highest BCUT2D eigenvalue weighted by atomic mass is 79.9. The Morgan fingerprint density at radius 2 is 1.80 bits per heavy atom. The minimum Gasteiger partial charge on any atom is -0.496 e. The zero-order valence-electron chi connectivity index (χ0n) is 11.1. The summed E-state index contributed by atoms with van der Waals surface area (Å²) in [6.45, 7) is 1.99. The van der Waals surface area contributed by atoms with E-state index in [1.165, 1.54) is 0 Å². The molecule has 2 aromatic rings. The van der Waals surface area contributed by atoms with Gasteiger partial charge in [0.15, 0.2) is 0 Å². The highest BCUT2D eigenvalue weighted by Crippen LogP contribution is 2.38. The van der Waals surface area contributed by atoms with Crippen molar-refractivity contribution in [3.63, 3.8) is 0 Å². The average Bonchev–Trinajstić information content (AvgIpc) is 2.41. The van der Waals surface area contributed by atoms with Gasteiger partial charge in [0, 0.05) is 25.6 Å². The first-order valence-corrected chi connectivity index (χ1v) is 7.54. The standard InChI is InChI=1S/C15H14BrCl2NO/c1-8-6-13(20-2)9(7-10(8)16)15(19)14-11(17)4-3-5-12(14)18/h3-7,15H,19H2,1-2H3. The summed E-state index contributed by atoms with van der Waals surface area (Å²) in [5.74, 6) is 0.717. The van der Waals surface area contributed by atoms with E-state index in [0.29, 0.717) is 21.4 Å². The molecule has 106 valence electrons. The number of hydrogen-bond donors (Lipinski definition) is 1. The van der Waals surface area contributed by atoms with Gasteiger partial charge >= 0.3 is 0 Å². The lowest BCUT2D eigenvalue weighted by molar-refractivity contribution is 0.407. The third kappa shape index (κ3) is 2.96. The fourth-order valence-corrected chi connectivity index (χ4v) is 3.05. The number of nitrogens with two attached hydrogens (primary N) is 1. The predicted molar refractivity (Wildman–Crippen MR) is 87.9 cm³/mol. The highest BCUT2D eigenvalue weighted by Gasteiger charge is 2.20. The summed E-state index contributed by atoms with van der Waals surface area (Å²) in [5, 5.41) is 1.09. The van der Waals surface area contributed by atoms with E-state index < -0.39 is 6.04 Å². The van der Waals surface area contributed by atoms with E-state index in [0.717, 1.165) is 15.6 Å². The first kappa shape index (κ1) is 15.6. The smallest absolute Gasteiger partial charge is 0.124 e. The summed E-state index contributed by atoms with van der Waals surface area (Å²) in [6.07, 6.45) is 0. The first-order valence-electron chi connectivity index (χ1n) is 5.99. The third-order valence-corrected chi connectivity index (χ3v) is 4.67. The van der Waals surface area contributed by atoms with Crippen LogP contribution in [0.3, 0.4) is 0 Å². The number of hydrogen-bond acceptors (Lipinski definition) is 2. The molecule has 2 rings (SSSR count). The summed E-state index contributed by atoms with van der Waals surface area (Å²) in [6, 6.07) is 8.77. The normalized spacial score (nSPS) is 12.3. The van der Waals surface area contributed by atoms with Crippen molar-refractivity contribution in [1.29, 1.82) is 0 Å². The van der Waals surface area contributed by atoms with Crippen LogP contribution in [0.4, 0.5) is 0 Å². The molecule has 1 atom stereocenters. The van der Waals surface area contributed by atoms with Gasteiger partial charge in [-0.3, -0.25) is 0 Å². The molecular weight excluding hydrogens is 361 g/mol. The second-order valence-electron chi connectivity index (χ2n) is 4.46. The summed E-state index contributed by atoms with van der Waals surface area (Å²) in [5.41, 5.74) is 8.95. The molecule has 2 N–H and O–H groups in total. The maximum absolute atomic E-state index is 6.34. The SMILES string of the molecule is COc1cc(C)c(Br)cc1C(N)c1c(Cl)cccc1Cl. The lowest BCUT2D eigenvalue weighted by Crippen LogP contribution is -2.14. The van der Waals surface area contributed by atoms with Crippen LogP contribution in [0.15, 0.2) is 34.8 Å². The average molecular weight is 375 g/mol. The Morgan fingerprint density at radius 3 is 2.35 bits per heavy atom. The number of ether oxygens (including phenoxy) is 1. The van der Waals surface area contributed by atoms with E-state index in [1.807, 2.05) is 19.1 Å². The van der Waals surface area contributed by atoms with E-state index in [1.54, 1.807) is 25.3 Å². The summed E-state index contributed by atoms with van der Waals surface area (Å²) in [7, 11) is 1.62. The quantitative estimate of drug-likeness (QED) is 0.808. The van der Waals surface area contributed by atoms with Crippen LogP contribution >= 0.6 is 39.1 Å². The van der Waals surface area contributed by atoms with Crippen molar-refractivity contribution in [3.05, 3.63) is 61.5 Å². The largest absolute Gasteiger partial charge is 0.496 e. The second kappa shape index (κ2) is 6.35. The molecule has 0 saturated heterocycles. The summed E-state index contributed by atoms with van der Waals surface area (Å²) in [4.78, 5) is 0. The lowest BCUT2D eigenvalue weighted by Gasteiger charge is -2.19. The molecule has 0 aliphatic rings. The minimum atomic E-state index is -0.456. The maximum Gasteiger partial charge on any atom is 0.124 e. The molecule has 0 fully saturated rings. The van der Waals surface area contributed by atoms with Gasteiger partial charge in [0.1, 0.15) is 5.75 Å². The van der Waals surface area contributed by atoms with E-state index >= 15 is 0 Å². The first-order chi connectivity index (χ1) is 9.45. The predicted octanol–water partition coefficient (Wildman–Crippen LogP) is 5.12. The van der Waals surface area contributed by atoms with Gasteiger partial charge in [0.25, 0.3) is 0 Å². The molecule has 0 saturated carbocycles. The van der Waals surface area contributed by atoms with Crippen molar-refractivity contribution >= 4 is 39.1 Å². The second-order valence-corrected chi connectivity index (χ2v) is 6.13. The number of methoxy groups -OCH3 is 1. The fraction of sp³-hybridized carbons (Fsp3) is 0.200. The van der Waals surface area contributed by atoms with Crippen molar-refractivity contribution < 1.29 is 4.74 Å². The summed E-state index contributed by atoms with van der Waals surface area (Å²) < 4.78 is 6.38. The Hall–Kier alpha value is -0.740. The van der Waals surface area contributed by atoms with Gasteiger partial charge in [-0.1, -0.05) is 45.2 Å². The molecule has 2 nitrogen and oxygen atoms in total. The van der Waals surface area contributed by atoms with Gasteiger partial charge < -0.3 is 10.5 Å². The molecule has 2 aromatic carbocycles. The van der Waals surface area contributed by atoms with Gasteiger partial charge in [-0.2, -0.15) is 0 Å². The van der Waals surface area contributed by atoms with Crippen LogP contribution in [0.2, 0.25) is 10.0 Å². The Bertz CT molecular complexity index is 626. The van der Waals surface area contributed by atoms with Crippen molar-refractivity contribution in [2.75, 3.05) is 7.11 Å². The zero-order valence-corrected chi connectivity index (χ0v) is 14.2. The Balaban J connectivity index is 2.59. The van der Waals surface area contributed by atoms with E-state index in [-0.39, 0.29) is 0 Å². The molecular formula is C15H14BrCl2NO. The Morgan fingerprint density at radius 1 is 1.20 bits per heavy atom. The van der Waals surface area contributed by atoms with Crippen LogP contribution in [-0.4, -0.2) is 7.11 Å². The van der Waals surface area contributed by atoms with Crippen LogP contribution < -0.4 is 10.5 Å². The van der Waals surface area contributed by atoms with Gasteiger partial charge in [-0.25, -0.2) is 0 Å². The van der Waals surface area contributed by atoms with E-state index in [4.69, 9.17) is 33.7 Å². The van der Waals surface area contributed by atoms with Gasteiger partial charge in [0.05, 0.1) is 13.2 Å². The lowest BCUT2D eigenvalue weighted by atomic mass is 9.97. The Kier molecular flexibility index (Phi) is 4.97. The molecule has 1 unspecified atom stereocenters. The van der Waals surface area contributed by atoms with Gasteiger partial charge in [-0.15, -0.1) is 0 Å². The topological polar surface area (TPSA) is 35.2 Å². The molecule has 5 heteroatoms. The van der Waals surface area contributed by atoms with Crippen LogP contribution in [0.5, 0.6) is 5.75 Å². The van der Waals surface area contributed by atoms with Crippen molar-refractivity contribution in [1.82, 2.24) is 0 Å². The molecule has 0 amide bonds. The molecule has 0 bridgehead atoms. The minimum absolute atomic E-state index is 0.456. The van der Waals surface area contributed by atoms with Crippen molar-refractivity contribution in [2.45, 2.75) is 13.0 Å². The van der Waals surface area contributed by atoms with Crippen LogP contribution in [0.25, 0.3) is 0 Å². The van der Waals surface area contributed by atoms with Crippen LogP contribution in [-0.2, 0) is 0 Å². The number of rotatable bonds is 3. The monoisotopic (exact) mass is 373 g/mol. The number of halogens is 3. The summed E-state index contributed by atoms with van der Waals surface area (Å²) >= 11 is 16.0. The van der Waals surface area contributed by atoms with E-state index in [9.17, 15) is 0 Å². The number of benzene rings is 2. The van der Waals surface area contributed by atoms with Gasteiger partial charge in [0.2, 0.25) is 0 Å². The van der Waals surface area contributed by atoms with Gasteiger partial charge in [-0.05, 0) is 36.8 Å². The van der Waals surface area contributed by atoms with Crippen LogP contribution in [0.1, 0.15) is 22.7 Å². The highest BCUT2D eigenvalue weighted by molar-refractivity contribution is 9.10. The molecule has 0 spiro atoms. The van der Waals surface area contributed by atoms with Crippen LogP contribution in [0, 0.1) is 6.92 Å². The molecule has 0 aliphatic heterocycles. The number of aryl methyl sites for hydroxylation is 1. The molecule has 0 aliphatic carbocycles. The molecule has 20 heavy (non-hydrogen) atoms. The molecule has 0 heterocycles. The Labute approximate surface area is 137 Å². The molecule has 0 radical (unpaired) electrons. The fourth-order valence-electron chi connectivity index (χ4n) is 2.05. The zero-order chi connectivity index (χ0) is 14.9. The van der Waals surface area contributed by atoms with E-state index in [2.05, 4.69) is 15.9 Å². The third-order valence-electron chi connectivity index (χ3n) is 3.16.